The van der Waals surface area contributed by atoms with Gasteiger partial charge in [0.2, 0.25) is 0 Å². The van der Waals surface area contributed by atoms with E-state index in [0.29, 0.717) is 12.4 Å². The Morgan fingerprint density at radius 2 is 1.85 bits per heavy atom. The van der Waals surface area contributed by atoms with Crippen LogP contribution < -0.4 is 10.6 Å². The number of anilines is 1. The number of nitrogens with one attached hydrogen (secondary N) is 2. The third-order valence-electron chi connectivity index (χ3n) is 7.79. The molecule has 2 aromatic carbocycles. The molecule has 9 nitrogen and oxygen atoms in total. The normalized spacial score (nSPS) is 20.7. The number of benzene rings is 2. The molecule has 0 saturated heterocycles. The number of carbonyl (C=O) groups excluding carboxylic acids is 1. The Balaban J connectivity index is 1.44. The van der Waals surface area contributed by atoms with Gasteiger partial charge < -0.3 is 15.2 Å². The van der Waals surface area contributed by atoms with Crippen LogP contribution in [0.15, 0.2) is 73.1 Å². The number of ether oxygens (including phenoxy) is 1. The van der Waals surface area contributed by atoms with E-state index in [2.05, 4.69) is 27.9 Å². The van der Waals surface area contributed by atoms with Crippen LogP contribution in [0.3, 0.4) is 0 Å². The topological polar surface area (TPSA) is 106 Å². The summed E-state index contributed by atoms with van der Waals surface area (Å²) in [5.74, 6) is 0.859. The molecule has 204 valence electrons. The van der Waals surface area contributed by atoms with E-state index in [1.54, 1.807) is 22.7 Å². The monoisotopic (exact) mass is 528 g/mol. The highest BCUT2D eigenvalue weighted by Crippen LogP contribution is 2.45. The summed E-state index contributed by atoms with van der Waals surface area (Å²) >= 11 is 0. The molecule has 0 radical (unpaired) electrons. The molecule has 1 fully saturated rings. The number of aliphatic hydroxyl groups is 1. The third kappa shape index (κ3) is 5.60. The van der Waals surface area contributed by atoms with E-state index in [9.17, 15) is 9.90 Å². The fourth-order valence-corrected chi connectivity index (χ4v) is 5.93. The van der Waals surface area contributed by atoms with Gasteiger partial charge >= 0.3 is 6.03 Å². The second kappa shape index (κ2) is 11.8. The molecular weight excluding hydrogens is 492 g/mol. The van der Waals surface area contributed by atoms with Crippen molar-refractivity contribution in [1.82, 2.24) is 24.9 Å². The molecule has 3 N–H and O–H groups in total. The first-order valence-electron chi connectivity index (χ1n) is 13.4. The smallest absolute Gasteiger partial charge is 0.320 e. The first-order chi connectivity index (χ1) is 19.0. The lowest BCUT2D eigenvalue weighted by Gasteiger charge is -2.26. The summed E-state index contributed by atoms with van der Waals surface area (Å²) in [6.45, 7) is 2.63. The van der Waals surface area contributed by atoms with Crippen LogP contribution in [0.4, 0.5) is 10.6 Å². The molecule has 4 aromatic rings. The molecule has 2 heterocycles. The van der Waals surface area contributed by atoms with Gasteiger partial charge in [0.15, 0.2) is 0 Å². The number of nitrogens with zero attached hydrogens (tertiary/aromatic N) is 4. The molecule has 2 amide bonds. The Bertz CT molecular complexity index is 1380. The maximum atomic E-state index is 13.6. The lowest BCUT2D eigenvalue weighted by molar-refractivity contribution is 0.136. The first-order valence-corrected chi connectivity index (χ1v) is 13.4. The van der Waals surface area contributed by atoms with Crippen molar-refractivity contribution in [3.63, 3.8) is 0 Å². The van der Waals surface area contributed by atoms with Crippen LogP contribution in [0, 0.1) is 18.8 Å². The average molecular weight is 529 g/mol. The second-order valence-corrected chi connectivity index (χ2v) is 10.2. The fourth-order valence-electron chi connectivity index (χ4n) is 5.93. The van der Waals surface area contributed by atoms with Gasteiger partial charge in [-0.1, -0.05) is 48.5 Å². The highest BCUT2D eigenvalue weighted by molar-refractivity contribution is 5.91. The van der Waals surface area contributed by atoms with E-state index in [4.69, 9.17) is 9.84 Å². The molecule has 0 spiro atoms. The average Bonchev–Trinajstić information content (AvgIpc) is 3.63. The number of aromatic nitrogens is 4. The molecular formula is C30H36N6O3. The molecule has 0 aliphatic heterocycles. The standard InChI is InChI=1S/C30H36N6O3/c1-20-28(23-17-31-35(2)18-23)34-36(24-12-8-5-9-13-24)29(20)33-30(38)32-26-16-22(14-15-39-3)25(19-37)27(26)21-10-6-4-7-11-21/h4-13,17-18,22,25-27,37H,14-16,19H2,1-3H3,(H2,32,33,38)/t22-,25+,26-,27-/m1/s1. The van der Waals surface area contributed by atoms with Crippen LogP contribution in [0.1, 0.15) is 29.9 Å². The minimum absolute atomic E-state index is 0.00473. The van der Waals surface area contributed by atoms with Gasteiger partial charge in [-0.2, -0.15) is 10.2 Å². The zero-order valence-electron chi connectivity index (χ0n) is 22.6. The molecule has 5 rings (SSSR count). The van der Waals surface area contributed by atoms with Crippen molar-refractivity contribution in [2.24, 2.45) is 18.9 Å². The van der Waals surface area contributed by atoms with Crippen molar-refractivity contribution in [2.45, 2.75) is 31.7 Å². The van der Waals surface area contributed by atoms with Gasteiger partial charge in [0.1, 0.15) is 11.5 Å². The van der Waals surface area contributed by atoms with Crippen molar-refractivity contribution in [2.75, 3.05) is 25.6 Å². The lowest BCUT2D eigenvalue weighted by Crippen LogP contribution is -2.40. The largest absolute Gasteiger partial charge is 0.396 e. The van der Waals surface area contributed by atoms with Gasteiger partial charge in [0.25, 0.3) is 0 Å². The number of urea groups is 1. The van der Waals surface area contributed by atoms with Gasteiger partial charge in [-0.3, -0.25) is 10.00 Å². The Morgan fingerprint density at radius 3 is 2.49 bits per heavy atom. The summed E-state index contributed by atoms with van der Waals surface area (Å²) in [6, 6.07) is 19.4. The minimum Gasteiger partial charge on any atom is -0.396 e. The SMILES string of the molecule is COCC[C@@H]1C[C@@H](NC(=O)Nc2c(C)c(-c3cnn(C)c3)nn2-c2ccccc2)[C@H](c2ccccc2)[C@H]1CO. The summed E-state index contributed by atoms with van der Waals surface area (Å²) in [6.07, 6.45) is 5.28. The molecule has 1 saturated carbocycles. The van der Waals surface area contributed by atoms with Crippen molar-refractivity contribution in [3.05, 3.63) is 84.2 Å². The van der Waals surface area contributed by atoms with Crippen molar-refractivity contribution in [3.8, 4) is 16.9 Å². The number of para-hydroxylation sites is 1. The predicted molar refractivity (Wildman–Crippen MR) is 151 cm³/mol. The number of carbonyl (C=O) groups is 1. The number of hydrogen-bond acceptors (Lipinski definition) is 5. The number of methoxy groups -OCH3 is 1. The zero-order chi connectivity index (χ0) is 27.4. The maximum Gasteiger partial charge on any atom is 0.320 e. The van der Waals surface area contributed by atoms with Crippen LogP contribution in [0.25, 0.3) is 16.9 Å². The summed E-state index contributed by atoms with van der Waals surface area (Å²) in [4.78, 5) is 13.6. The number of aliphatic hydroxyl groups excluding tert-OH is 1. The second-order valence-electron chi connectivity index (χ2n) is 10.2. The van der Waals surface area contributed by atoms with Crippen molar-refractivity contribution in [1.29, 1.82) is 0 Å². The molecule has 9 heteroatoms. The summed E-state index contributed by atoms with van der Waals surface area (Å²) in [5.41, 5.74) is 4.43. The predicted octanol–water partition coefficient (Wildman–Crippen LogP) is 4.52. The molecule has 39 heavy (non-hydrogen) atoms. The van der Waals surface area contributed by atoms with E-state index >= 15 is 0 Å². The third-order valence-corrected chi connectivity index (χ3v) is 7.79. The molecule has 1 aliphatic carbocycles. The van der Waals surface area contributed by atoms with Gasteiger partial charge in [-0.05, 0) is 49.3 Å². The van der Waals surface area contributed by atoms with Gasteiger partial charge in [0, 0.05) is 56.7 Å². The highest BCUT2D eigenvalue weighted by Gasteiger charge is 2.44. The van der Waals surface area contributed by atoms with E-state index in [-0.39, 0.29) is 36.4 Å². The minimum atomic E-state index is -0.303. The number of amides is 2. The molecule has 4 atom stereocenters. The van der Waals surface area contributed by atoms with Crippen molar-refractivity contribution >= 4 is 11.8 Å². The van der Waals surface area contributed by atoms with E-state index in [1.807, 2.05) is 68.7 Å². The van der Waals surface area contributed by atoms with Crippen LogP contribution in [0.5, 0.6) is 0 Å². The first kappa shape index (κ1) is 26.6. The quantitative estimate of drug-likeness (QED) is 0.296. The van der Waals surface area contributed by atoms with Crippen LogP contribution in [-0.4, -0.2) is 57.1 Å². The van der Waals surface area contributed by atoms with Crippen LogP contribution >= 0.6 is 0 Å². The summed E-state index contributed by atoms with van der Waals surface area (Å²) in [7, 11) is 3.56. The Morgan fingerprint density at radius 1 is 1.13 bits per heavy atom. The summed E-state index contributed by atoms with van der Waals surface area (Å²) in [5, 5.41) is 25.9. The van der Waals surface area contributed by atoms with E-state index < -0.39 is 0 Å². The van der Waals surface area contributed by atoms with Crippen LogP contribution in [-0.2, 0) is 11.8 Å². The fraction of sp³-hybridized carbons (Fsp3) is 0.367. The number of rotatable bonds is 9. The van der Waals surface area contributed by atoms with E-state index in [1.165, 1.54) is 0 Å². The highest BCUT2D eigenvalue weighted by atomic mass is 16.5. The van der Waals surface area contributed by atoms with Gasteiger partial charge in [-0.15, -0.1) is 0 Å². The molecule has 2 aromatic heterocycles. The van der Waals surface area contributed by atoms with Gasteiger partial charge in [-0.25, -0.2) is 9.48 Å². The van der Waals surface area contributed by atoms with Crippen LogP contribution in [0.2, 0.25) is 0 Å². The maximum absolute atomic E-state index is 13.6. The molecule has 0 bridgehead atoms. The van der Waals surface area contributed by atoms with Crippen molar-refractivity contribution < 1.29 is 14.6 Å². The molecule has 0 unspecified atom stereocenters. The molecule has 1 aliphatic rings. The Kier molecular flexibility index (Phi) is 8.09. The summed E-state index contributed by atoms with van der Waals surface area (Å²) < 4.78 is 8.84. The Hall–Kier alpha value is -3.95. The lowest BCUT2D eigenvalue weighted by atomic mass is 9.83. The number of hydrogen-bond donors (Lipinski definition) is 3. The van der Waals surface area contributed by atoms with E-state index in [0.717, 1.165) is 40.9 Å². The number of aryl methyl sites for hydroxylation is 1. The Labute approximate surface area is 228 Å². The zero-order valence-corrected chi connectivity index (χ0v) is 22.6. The van der Waals surface area contributed by atoms with Gasteiger partial charge in [0.05, 0.1) is 11.9 Å².